The van der Waals surface area contributed by atoms with Crippen molar-refractivity contribution in [2.75, 3.05) is 30.3 Å². The molecule has 0 aliphatic carbocycles. The molecule has 4 aromatic rings. The number of rotatable bonds is 10. The highest BCUT2D eigenvalue weighted by Gasteiger charge is 2.23. The summed E-state index contributed by atoms with van der Waals surface area (Å²) >= 11 is 0. The van der Waals surface area contributed by atoms with E-state index in [0.717, 1.165) is 33.8 Å². The number of para-hydroxylation sites is 1. The predicted molar refractivity (Wildman–Crippen MR) is 156 cm³/mol. The molecule has 0 saturated carbocycles. The van der Waals surface area contributed by atoms with Crippen molar-refractivity contribution in [1.82, 2.24) is 14.7 Å². The third-order valence-corrected chi connectivity index (χ3v) is 6.26. The number of carbonyl (C=O) groups excluding carboxylic acids is 2. The van der Waals surface area contributed by atoms with Crippen molar-refractivity contribution >= 4 is 23.4 Å². The Morgan fingerprint density at radius 2 is 1.59 bits per heavy atom. The van der Waals surface area contributed by atoms with Gasteiger partial charge in [0.05, 0.1) is 18.0 Å². The van der Waals surface area contributed by atoms with Crippen LogP contribution in [0.3, 0.4) is 0 Å². The van der Waals surface area contributed by atoms with Crippen LogP contribution in [0.2, 0.25) is 0 Å². The van der Waals surface area contributed by atoms with Crippen LogP contribution in [0.25, 0.3) is 16.8 Å². The number of nitrogens with zero attached hydrogens (tertiary/aromatic N) is 3. The summed E-state index contributed by atoms with van der Waals surface area (Å²) in [5.74, 6) is 0.994. The van der Waals surface area contributed by atoms with Crippen LogP contribution in [0, 0.1) is 13.8 Å². The first kappa shape index (κ1) is 27.4. The summed E-state index contributed by atoms with van der Waals surface area (Å²) in [7, 11) is 0. The fraction of sp³-hybridized carbons (Fsp3) is 0.258. The Bertz CT molecular complexity index is 1410. The number of anilines is 2. The van der Waals surface area contributed by atoms with Gasteiger partial charge in [-0.15, -0.1) is 0 Å². The molecule has 1 aromatic heterocycles. The molecule has 2 N–H and O–H groups in total. The molecule has 0 bridgehead atoms. The molecule has 0 spiro atoms. The molecule has 4 rings (SSSR count). The Morgan fingerprint density at radius 3 is 2.26 bits per heavy atom. The third-order valence-electron chi connectivity index (χ3n) is 6.26. The minimum Gasteiger partial charge on any atom is -0.494 e. The highest BCUT2D eigenvalue weighted by Crippen LogP contribution is 2.34. The van der Waals surface area contributed by atoms with Gasteiger partial charge < -0.3 is 20.3 Å². The molecule has 0 aliphatic rings. The number of benzene rings is 3. The average molecular weight is 526 g/mol. The molecule has 1 heterocycles. The Kier molecular flexibility index (Phi) is 8.99. The minimum absolute atomic E-state index is 0.108. The van der Waals surface area contributed by atoms with Crippen molar-refractivity contribution in [3.05, 3.63) is 90.1 Å². The number of hydrogen-bond acceptors (Lipinski definition) is 4. The number of hydrogen-bond donors (Lipinski definition) is 2. The first-order chi connectivity index (χ1) is 18.9. The number of amides is 3. The number of aryl methyl sites for hydroxylation is 2. The van der Waals surface area contributed by atoms with Crippen LogP contribution in [0.1, 0.15) is 31.5 Å². The van der Waals surface area contributed by atoms with E-state index < -0.39 is 0 Å². The molecule has 0 fully saturated rings. The van der Waals surface area contributed by atoms with Crippen LogP contribution < -0.4 is 15.4 Å². The van der Waals surface area contributed by atoms with E-state index in [0.29, 0.717) is 31.1 Å². The highest BCUT2D eigenvalue weighted by molar-refractivity contribution is 5.99. The zero-order chi connectivity index (χ0) is 27.8. The van der Waals surface area contributed by atoms with Crippen LogP contribution in [-0.2, 0) is 4.79 Å². The van der Waals surface area contributed by atoms with Gasteiger partial charge in [0.2, 0.25) is 5.91 Å². The van der Waals surface area contributed by atoms with Gasteiger partial charge in [-0.25, -0.2) is 9.48 Å². The molecule has 0 atom stereocenters. The van der Waals surface area contributed by atoms with Gasteiger partial charge in [-0.05, 0) is 68.7 Å². The lowest BCUT2D eigenvalue weighted by molar-refractivity contribution is -0.116. The lowest BCUT2D eigenvalue weighted by atomic mass is 10.1. The summed E-state index contributed by atoms with van der Waals surface area (Å²) in [6.07, 6.45) is 0.708. The standard InChI is InChI=1S/C31H35N5O3/c1-5-20-35(31(38)32-25-16-18-26(19-17-25)39-6-2)21-28(37)33-30-29(24-13-8-7-9-14-24)23(4)34-36(30)27-15-11-10-12-22(27)3/h7-19H,5-6,20-21H2,1-4H3,(H,32,38)(H,33,37). The van der Waals surface area contributed by atoms with Crippen LogP contribution in [0.15, 0.2) is 78.9 Å². The van der Waals surface area contributed by atoms with Gasteiger partial charge >= 0.3 is 6.03 Å². The van der Waals surface area contributed by atoms with Gasteiger partial charge in [-0.2, -0.15) is 5.10 Å². The molecule has 0 unspecified atom stereocenters. The monoisotopic (exact) mass is 525 g/mol. The largest absolute Gasteiger partial charge is 0.494 e. The fourth-order valence-corrected chi connectivity index (χ4v) is 4.44. The van der Waals surface area contributed by atoms with E-state index >= 15 is 0 Å². The van der Waals surface area contributed by atoms with Crippen molar-refractivity contribution in [1.29, 1.82) is 0 Å². The highest BCUT2D eigenvalue weighted by atomic mass is 16.5. The zero-order valence-electron chi connectivity index (χ0n) is 22.9. The molecule has 202 valence electrons. The predicted octanol–water partition coefficient (Wildman–Crippen LogP) is 6.44. The van der Waals surface area contributed by atoms with E-state index in [9.17, 15) is 9.59 Å². The molecule has 39 heavy (non-hydrogen) atoms. The Morgan fingerprint density at radius 1 is 0.897 bits per heavy atom. The number of nitrogens with one attached hydrogen (secondary N) is 2. The molecular weight excluding hydrogens is 490 g/mol. The van der Waals surface area contributed by atoms with Gasteiger partial charge in [-0.1, -0.05) is 55.5 Å². The normalized spacial score (nSPS) is 10.7. The van der Waals surface area contributed by atoms with Gasteiger partial charge in [0.1, 0.15) is 18.1 Å². The third kappa shape index (κ3) is 6.65. The summed E-state index contributed by atoms with van der Waals surface area (Å²) in [4.78, 5) is 28.1. The number of aromatic nitrogens is 2. The van der Waals surface area contributed by atoms with Gasteiger partial charge in [-0.3, -0.25) is 4.79 Å². The molecule has 8 nitrogen and oxygen atoms in total. The zero-order valence-corrected chi connectivity index (χ0v) is 22.9. The Balaban J connectivity index is 1.59. The smallest absolute Gasteiger partial charge is 0.322 e. The minimum atomic E-state index is -0.344. The second-order valence-corrected chi connectivity index (χ2v) is 9.23. The van der Waals surface area contributed by atoms with E-state index in [2.05, 4.69) is 10.6 Å². The summed E-state index contributed by atoms with van der Waals surface area (Å²) in [6, 6.07) is 24.6. The molecule has 3 amide bonds. The summed E-state index contributed by atoms with van der Waals surface area (Å²) < 4.78 is 7.24. The van der Waals surface area contributed by atoms with E-state index in [1.165, 1.54) is 4.90 Å². The topological polar surface area (TPSA) is 88.5 Å². The number of urea groups is 1. The van der Waals surface area contributed by atoms with Gasteiger partial charge in [0.25, 0.3) is 0 Å². The average Bonchev–Trinajstić information content (AvgIpc) is 3.25. The number of carbonyl (C=O) groups is 2. The second-order valence-electron chi connectivity index (χ2n) is 9.23. The maximum atomic E-state index is 13.4. The van der Waals surface area contributed by atoms with Crippen molar-refractivity contribution in [3.63, 3.8) is 0 Å². The summed E-state index contributed by atoms with van der Waals surface area (Å²) in [5, 5.41) is 10.8. The van der Waals surface area contributed by atoms with Crippen LogP contribution in [-0.4, -0.2) is 46.3 Å². The quantitative estimate of drug-likeness (QED) is 0.249. The molecule has 0 aliphatic heterocycles. The van der Waals surface area contributed by atoms with Crippen molar-refractivity contribution in [3.8, 4) is 22.6 Å². The second kappa shape index (κ2) is 12.8. The molecule has 3 aromatic carbocycles. The Labute approximate surface area is 229 Å². The lowest BCUT2D eigenvalue weighted by Gasteiger charge is -2.22. The van der Waals surface area contributed by atoms with E-state index in [4.69, 9.17) is 9.84 Å². The van der Waals surface area contributed by atoms with Crippen LogP contribution in [0.4, 0.5) is 16.3 Å². The lowest BCUT2D eigenvalue weighted by Crippen LogP contribution is -2.41. The molecule has 0 saturated heterocycles. The summed E-state index contributed by atoms with van der Waals surface area (Å²) in [5.41, 5.74) is 5.11. The first-order valence-electron chi connectivity index (χ1n) is 13.2. The van der Waals surface area contributed by atoms with Crippen LogP contribution >= 0.6 is 0 Å². The molecule has 8 heteroatoms. The first-order valence-corrected chi connectivity index (χ1v) is 13.2. The SMILES string of the molecule is CCCN(CC(=O)Nc1c(-c2ccccc2)c(C)nn1-c1ccccc1C)C(=O)Nc1ccc(OCC)cc1. The van der Waals surface area contributed by atoms with Crippen molar-refractivity contribution in [2.45, 2.75) is 34.1 Å². The van der Waals surface area contributed by atoms with Gasteiger partial charge in [0.15, 0.2) is 0 Å². The van der Waals surface area contributed by atoms with Gasteiger partial charge in [0, 0.05) is 17.8 Å². The number of ether oxygens (including phenoxy) is 1. The maximum absolute atomic E-state index is 13.4. The van der Waals surface area contributed by atoms with E-state index in [1.54, 1.807) is 28.9 Å². The van der Waals surface area contributed by atoms with E-state index in [1.807, 2.05) is 82.3 Å². The fourth-order valence-electron chi connectivity index (χ4n) is 4.44. The molecular formula is C31H35N5O3. The van der Waals surface area contributed by atoms with E-state index in [-0.39, 0.29) is 18.5 Å². The summed E-state index contributed by atoms with van der Waals surface area (Å²) in [6.45, 7) is 8.72. The Hall–Kier alpha value is -4.59. The van der Waals surface area contributed by atoms with Crippen LogP contribution in [0.5, 0.6) is 5.75 Å². The van der Waals surface area contributed by atoms with Crippen molar-refractivity contribution in [2.24, 2.45) is 0 Å². The molecule has 0 radical (unpaired) electrons. The maximum Gasteiger partial charge on any atom is 0.322 e. The van der Waals surface area contributed by atoms with Crippen molar-refractivity contribution < 1.29 is 14.3 Å².